The largest absolute Gasteiger partial charge is 0.369 e. The van der Waals surface area contributed by atoms with Gasteiger partial charge in [-0.15, -0.1) is 0 Å². The van der Waals surface area contributed by atoms with E-state index in [-0.39, 0.29) is 0 Å². The first-order valence-corrected chi connectivity index (χ1v) is 6.61. The molecule has 96 valence electrons. The maximum atomic E-state index is 2.24. The van der Waals surface area contributed by atoms with Crippen molar-refractivity contribution >= 4 is 22.8 Å². The fourth-order valence-electron chi connectivity index (χ4n) is 2.44. The second-order valence-electron chi connectivity index (χ2n) is 5.08. The van der Waals surface area contributed by atoms with Crippen molar-refractivity contribution in [1.29, 1.82) is 0 Å². The van der Waals surface area contributed by atoms with Crippen LogP contribution in [-0.4, -0.2) is 42.9 Å². The van der Waals surface area contributed by atoms with E-state index < -0.39 is 0 Å². The van der Waals surface area contributed by atoms with Gasteiger partial charge in [-0.2, -0.15) is 4.57 Å². The fourth-order valence-corrected chi connectivity index (χ4v) is 2.44. The lowest BCUT2D eigenvalue weighted by Gasteiger charge is -2.08. The van der Waals surface area contributed by atoms with E-state index in [1.807, 2.05) is 0 Å². The Morgan fingerprint density at radius 1 is 1.11 bits per heavy atom. The molecule has 19 heavy (non-hydrogen) atoms. The Morgan fingerprint density at radius 2 is 1.89 bits per heavy atom. The predicted molar refractivity (Wildman–Crippen MR) is 78.2 cm³/mol. The van der Waals surface area contributed by atoms with E-state index in [0.717, 1.165) is 13.1 Å². The van der Waals surface area contributed by atoms with Crippen LogP contribution in [0.1, 0.15) is 0 Å². The number of hydrogen-bond donors (Lipinski definition) is 0. The Bertz CT molecular complexity index is 665. The fraction of sp³-hybridized carbons (Fsp3) is 0.250. The lowest BCUT2D eigenvalue weighted by Crippen LogP contribution is -2.35. The summed E-state index contributed by atoms with van der Waals surface area (Å²) in [7, 11) is 4.25. The lowest BCUT2D eigenvalue weighted by atomic mass is 10.2. The molecule has 2 aromatic rings. The minimum absolute atomic E-state index is 1.04. The highest BCUT2D eigenvalue weighted by Crippen LogP contribution is 2.10. The van der Waals surface area contributed by atoms with Crippen LogP contribution < -0.4 is 4.57 Å². The molecule has 3 heteroatoms. The summed E-state index contributed by atoms with van der Waals surface area (Å²) in [6.07, 6.45) is 6.53. The summed E-state index contributed by atoms with van der Waals surface area (Å²) >= 11 is 0. The van der Waals surface area contributed by atoms with Gasteiger partial charge in [-0.05, 0) is 12.1 Å². The molecule has 0 fully saturated rings. The van der Waals surface area contributed by atoms with E-state index in [4.69, 9.17) is 0 Å². The van der Waals surface area contributed by atoms with Gasteiger partial charge in [0.2, 0.25) is 11.7 Å². The molecule has 1 aliphatic heterocycles. The van der Waals surface area contributed by atoms with Gasteiger partial charge >= 0.3 is 0 Å². The average molecular weight is 253 g/mol. The first-order valence-electron chi connectivity index (χ1n) is 6.61. The van der Waals surface area contributed by atoms with Crippen LogP contribution >= 0.6 is 0 Å². The SMILES string of the molecule is CN1C=C([n+]2cccc3ccccc32)C=[N+](C)CC1. The third-order valence-electron chi connectivity index (χ3n) is 3.50. The first-order chi connectivity index (χ1) is 9.24. The van der Waals surface area contributed by atoms with Crippen LogP contribution in [0.25, 0.3) is 16.6 Å². The van der Waals surface area contributed by atoms with Gasteiger partial charge in [0.15, 0.2) is 12.7 Å². The molecular weight excluding hydrogens is 234 g/mol. The van der Waals surface area contributed by atoms with Crippen LogP contribution in [0.3, 0.4) is 0 Å². The zero-order valence-electron chi connectivity index (χ0n) is 11.5. The Hall–Kier alpha value is -2.16. The van der Waals surface area contributed by atoms with Crippen molar-refractivity contribution < 1.29 is 9.14 Å². The Labute approximate surface area is 113 Å². The predicted octanol–water partition coefficient (Wildman–Crippen LogP) is 1.58. The normalized spacial score (nSPS) is 16.0. The third kappa shape index (κ3) is 2.36. The molecule has 3 rings (SSSR count). The molecule has 0 unspecified atom stereocenters. The van der Waals surface area contributed by atoms with Crippen LogP contribution in [0.15, 0.2) is 48.8 Å². The Balaban J connectivity index is 2.20. The molecular formula is C16H19N3+2. The van der Waals surface area contributed by atoms with Crippen molar-refractivity contribution in [1.82, 2.24) is 4.90 Å². The van der Waals surface area contributed by atoms with Crippen LogP contribution in [-0.2, 0) is 0 Å². The average Bonchev–Trinajstić information content (AvgIpc) is 2.60. The maximum Gasteiger partial charge on any atom is 0.290 e. The second-order valence-corrected chi connectivity index (χ2v) is 5.08. The molecule has 0 radical (unpaired) electrons. The molecule has 0 spiro atoms. The van der Waals surface area contributed by atoms with Crippen molar-refractivity contribution in [2.75, 3.05) is 27.2 Å². The van der Waals surface area contributed by atoms with Gasteiger partial charge in [0.25, 0.3) is 5.70 Å². The highest BCUT2D eigenvalue weighted by Gasteiger charge is 2.19. The number of nitrogens with zero attached hydrogens (tertiary/aromatic N) is 3. The van der Waals surface area contributed by atoms with Gasteiger partial charge in [-0.3, -0.25) is 0 Å². The Morgan fingerprint density at radius 3 is 2.79 bits per heavy atom. The van der Waals surface area contributed by atoms with E-state index in [1.54, 1.807) is 0 Å². The summed E-state index contributed by atoms with van der Waals surface area (Å²) in [5.41, 5.74) is 2.43. The summed E-state index contributed by atoms with van der Waals surface area (Å²) < 4.78 is 4.48. The van der Waals surface area contributed by atoms with Gasteiger partial charge in [0, 0.05) is 24.6 Å². The van der Waals surface area contributed by atoms with Crippen LogP contribution in [0.4, 0.5) is 0 Å². The summed E-state index contributed by atoms with van der Waals surface area (Å²) in [5.74, 6) is 0. The number of likely N-dealkylation sites (N-methyl/N-ethyl adjacent to an activating group) is 2. The van der Waals surface area contributed by atoms with Gasteiger partial charge in [-0.25, -0.2) is 4.58 Å². The smallest absolute Gasteiger partial charge is 0.290 e. The number of benzene rings is 1. The maximum absolute atomic E-state index is 2.24. The molecule has 0 atom stereocenters. The molecule has 0 amide bonds. The molecule has 1 aromatic carbocycles. The molecule has 2 heterocycles. The molecule has 1 aliphatic rings. The summed E-state index contributed by atoms with van der Waals surface area (Å²) in [4.78, 5) is 2.24. The van der Waals surface area contributed by atoms with Crippen molar-refractivity contribution in [3.05, 3.63) is 48.8 Å². The summed E-state index contributed by atoms with van der Waals surface area (Å²) in [6.45, 7) is 2.09. The molecule has 3 nitrogen and oxygen atoms in total. The number of fused-ring (bicyclic) bond motifs is 1. The molecule has 0 N–H and O–H groups in total. The number of para-hydroxylation sites is 1. The summed E-state index contributed by atoms with van der Waals surface area (Å²) in [6, 6.07) is 12.7. The van der Waals surface area contributed by atoms with Crippen LogP contribution in [0, 0.1) is 0 Å². The standard InChI is InChI=1S/C16H19N3/c1-17-10-11-18(2)13-15(12-17)19-9-5-7-14-6-3-4-8-16(14)19/h3-9,12-13H,10-11H2,1-2H3/q+2. The van der Waals surface area contributed by atoms with Gasteiger partial charge in [0.05, 0.1) is 12.7 Å². The van der Waals surface area contributed by atoms with Crippen molar-refractivity contribution in [2.45, 2.75) is 0 Å². The number of allylic oxidation sites excluding steroid dienone is 1. The van der Waals surface area contributed by atoms with Crippen molar-refractivity contribution in [2.24, 2.45) is 0 Å². The minimum Gasteiger partial charge on any atom is -0.369 e. The summed E-state index contributed by atoms with van der Waals surface area (Å²) in [5, 5.41) is 1.26. The van der Waals surface area contributed by atoms with E-state index in [9.17, 15) is 0 Å². The van der Waals surface area contributed by atoms with Gasteiger partial charge in [-0.1, -0.05) is 12.1 Å². The highest BCUT2D eigenvalue weighted by molar-refractivity contribution is 5.95. The highest BCUT2D eigenvalue weighted by atomic mass is 15.2. The third-order valence-corrected chi connectivity index (χ3v) is 3.50. The number of pyridine rings is 1. The quantitative estimate of drug-likeness (QED) is 0.702. The second kappa shape index (κ2) is 4.84. The molecule has 0 saturated heterocycles. The monoisotopic (exact) mass is 253 g/mol. The number of aromatic nitrogens is 1. The van der Waals surface area contributed by atoms with E-state index in [0.29, 0.717) is 0 Å². The topological polar surface area (TPSA) is 10.1 Å². The molecule has 0 aliphatic carbocycles. The van der Waals surface area contributed by atoms with E-state index in [1.165, 1.54) is 16.6 Å². The number of rotatable bonds is 1. The zero-order valence-corrected chi connectivity index (χ0v) is 11.5. The first kappa shape index (κ1) is 11.9. The molecule has 1 aromatic heterocycles. The van der Waals surface area contributed by atoms with Crippen LogP contribution in [0.5, 0.6) is 0 Å². The van der Waals surface area contributed by atoms with Gasteiger partial charge < -0.3 is 4.90 Å². The number of hydrogen-bond acceptors (Lipinski definition) is 1. The molecule has 0 saturated carbocycles. The lowest BCUT2D eigenvalue weighted by molar-refractivity contribution is -0.554. The van der Waals surface area contributed by atoms with Crippen molar-refractivity contribution in [3.8, 4) is 0 Å². The van der Waals surface area contributed by atoms with Crippen molar-refractivity contribution in [3.63, 3.8) is 0 Å². The zero-order chi connectivity index (χ0) is 13.2. The van der Waals surface area contributed by atoms with Gasteiger partial charge in [0.1, 0.15) is 7.05 Å². The molecule has 0 bridgehead atoms. The van der Waals surface area contributed by atoms with E-state index >= 15 is 0 Å². The van der Waals surface area contributed by atoms with Crippen LogP contribution in [0.2, 0.25) is 0 Å². The Kier molecular flexibility index (Phi) is 3.03. The minimum atomic E-state index is 1.04. The van der Waals surface area contributed by atoms with E-state index in [2.05, 4.69) is 83.1 Å².